The van der Waals surface area contributed by atoms with E-state index in [-0.39, 0.29) is 5.92 Å². The quantitative estimate of drug-likeness (QED) is 0.838. The Morgan fingerprint density at radius 2 is 1.79 bits per heavy atom. The predicted octanol–water partition coefficient (Wildman–Crippen LogP) is 0.902. The van der Waals surface area contributed by atoms with Gasteiger partial charge in [0.2, 0.25) is 0 Å². The number of hydrogen-bond donors (Lipinski definition) is 1. The van der Waals surface area contributed by atoms with Crippen molar-refractivity contribution < 1.29 is 18.3 Å². The van der Waals surface area contributed by atoms with Crippen LogP contribution in [0, 0.1) is 5.92 Å². The van der Waals surface area contributed by atoms with Crippen molar-refractivity contribution in [1.82, 2.24) is 8.61 Å². The lowest BCUT2D eigenvalue weighted by Gasteiger charge is -2.38. The Kier molecular flexibility index (Phi) is 4.47. The molecule has 6 nitrogen and oxygen atoms in total. The first-order valence-electron chi connectivity index (χ1n) is 6.92. The van der Waals surface area contributed by atoms with Crippen molar-refractivity contribution in [3.63, 3.8) is 0 Å². The topological polar surface area (TPSA) is 77.9 Å². The number of carbonyl (C=O) groups is 1. The Morgan fingerprint density at radius 3 is 2.37 bits per heavy atom. The van der Waals surface area contributed by atoms with Gasteiger partial charge in [0.05, 0.1) is 0 Å². The predicted molar refractivity (Wildman–Crippen MR) is 70.9 cm³/mol. The molecule has 19 heavy (non-hydrogen) atoms. The van der Waals surface area contributed by atoms with Gasteiger partial charge in [-0.1, -0.05) is 13.3 Å². The minimum atomic E-state index is -3.62. The van der Waals surface area contributed by atoms with Gasteiger partial charge in [-0.25, -0.2) is 0 Å². The van der Waals surface area contributed by atoms with Crippen LogP contribution in [0.3, 0.4) is 0 Å². The molecule has 7 heteroatoms. The van der Waals surface area contributed by atoms with Crippen molar-refractivity contribution in [3.8, 4) is 0 Å². The third-order valence-corrected chi connectivity index (χ3v) is 6.09. The average molecular weight is 290 g/mol. The Morgan fingerprint density at radius 1 is 1.16 bits per heavy atom. The minimum absolute atomic E-state index is 0.258. The van der Waals surface area contributed by atoms with E-state index in [1.54, 1.807) is 0 Å². The van der Waals surface area contributed by atoms with Crippen LogP contribution >= 0.6 is 0 Å². The maximum Gasteiger partial charge on any atom is 0.322 e. The van der Waals surface area contributed by atoms with E-state index in [0.717, 1.165) is 25.7 Å². The summed E-state index contributed by atoms with van der Waals surface area (Å²) in [5, 5.41) is 9.26. The maximum absolute atomic E-state index is 12.6. The number of carboxylic acids is 1. The van der Waals surface area contributed by atoms with E-state index >= 15 is 0 Å². The summed E-state index contributed by atoms with van der Waals surface area (Å²) in [5.74, 6) is -0.777. The molecule has 0 aromatic rings. The van der Waals surface area contributed by atoms with E-state index in [0.29, 0.717) is 26.1 Å². The lowest BCUT2D eigenvalue weighted by Crippen LogP contribution is -2.55. The summed E-state index contributed by atoms with van der Waals surface area (Å²) in [6.07, 6.45) is 3.91. The van der Waals surface area contributed by atoms with Gasteiger partial charge in [-0.2, -0.15) is 17.0 Å². The highest BCUT2D eigenvalue weighted by Crippen LogP contribution is 2.27. The van der Waals surface area contributed by atoms with Crippen molar-refractivity contribution in [2.75, 3.05) is 19.6 Å². The van der Waals surface area contributed by atoms with Gasteiger partial charge in [0.25, 0.3) is 10.2 Å². The normalized spacial score (nSPS) is 31.2. The maximum atomic E-state index is 12.6. The number of carboxylic acid groups (broad SMARTS) is 1. The van der Waals surface area contributed by atoms with Crippen LogP contribution < -0.4 is 0 Å². The molecule has 2 unspecified atom stereocenters. The Balaban J connectivity index is 2.19. The van der Waals surface area contributed by atoms with Crippen LogP contribution in [0.2, 0.25) is 0 Å². The monoisotopic (exact) mass is 290 g/mol. The van der Waals surface area contributed by atoms with Crippen LogP contribution in [0.1, 0.15) is 39.0 Å². The van der Waals surface area contributed by atoms with Crippen LogP contribution in [0.15, 0.2) is 0 Å². The summed E-state index contributed by atoms with van der Waals surface area (Å²) in [7, 11) is -3.62. The number of rotatable bonds is 3. The second kappa shape index (κ2) is 5.76. The molecule has 0 saturated carbocycles. The molecule has 0 amide bonds. The van der Waals surface area contributed by atoms with Crippen molar-refractivity contribution in [1.29, 1.82) is 0 Å². The molecule has 0 bridgehead atoms. The number of nitrogens with zero attached hydrogens (tertiary/aromatic N) is 2. The van der Waals surface area contributed by atoms with Crippen LogP contribution in [0.4, 0.5) is 0 Å². The summed E-state index contributed by atoms with van der Waals surface area (Å²) in [6, 6.07) is -0.907. The van der Waals surface area contributed by atoms with Gasteiger partial charge in [-0.05, 0) is 31.6 Å². The second-order valence-electron chi connectivity index (χ2n) is 5.56. The molecule has 2 atom stereocenters. The van der Waals surface area contributed by atoms with Crippen LogP contribution in [-0.4, -0.2) is 53.8 Å². The lowest BCUT2D eigenvalue weighted by molar-refractivity contribution is -0.143. The van der Waals surface area contributed by atoms with E-state index in [1.807, 2.05) is 6.92 Å². The SMILES string of the molecule is CC1CCN(S(=O)(=O)N2CCCCC2)C(C(=O)O)C1. The van der Waals surface area contributed by atoms with E-state index in [1.165, 1.54) is 8.61 Å². The van der Waals surface area contributed by atoms with E-state index < -0.39 is 22.2 Å². The molecule has 0 aromatic heterocycles. The molecule has 2 saturated heterocycles. The first-order valence-corrected chi connectivity index (χ1v) is 8.32. The largest absolute Gasteiger partial charge is 0.480 e. The van der Waals surface area contributed by atoms with Crippen molar-refractivity contribution in [2.24, 2.45) is 5.92 Å². The zero-order valence-corrected chi connectivity index (χ0v) is 12.1. The Bertz CT molecular complexity index is 431. The summed E-state index contributed by atoms with van der Waals surface area (Å²) in [4.78, 5) is 11.3. The minimum Gasteiger partial charge on any atom is -0.480 e. The second-order valence-corrected chi connectivity index (χ2v) is 7.44. The zero-order valence-electron chi connectivity index (χ0n) is 11.3. The summed E-state index contributed by atoms with van der Waals surface area (Å²) in [6.45, 7) is 3.32. The highest BCUT2D eigenvalue weighted by molar-refractivity contribution is 7.86. The van der Waals surface area contributed by atoms with Crippen molar-refractivity contribution in [3.05, 3.63) is 0 Å². The van der Waals surface area contributed by atoms with Gasteiger partial charge < -0.3 is 5.11 Å². The van der Waals surface area contributed by atoms with Gasteiger partial charge in [0, 0.05) is 19.6 Å². The molecular formula is C12H22N2O4S. The molecule has 0 aliphatic carbocycles. The molecule has 0 radical (unpaired) electrons. The molecule has 2 aliphatic heterocycles. The highest BCUT2D eigenvalue weighted by Gasteiger charge is 2.41. The van der Waals surface area contributed by atoms with Crippen molar-refractivity contribution >= 4 is 16.2 Å². The van der Waals surface area contributed by atoms with Gasteiger partial charge in [-0.3, -0.25) is 4.79 Å². The van der Waals surface area contributed by atoms with E-state index in [4.69, 9.17) is 0 Å². The van der Waals surface area contributed by atoms with Crippen LogP contribution in [0.5, 0.6) is 0 Å². The molecule has 2 aliphatic rings. The number of hydrogen-bond acceptors (Lipinski definition) is 3. The number of piperidine rings is 2. The highest BCUT2D eigenvalue weighted by atomic mass is 32.2. The van der Waals surface area contributed by atoms with Crippen LogP contribution in [0.25, 0.3) is 0 Å². The van der Waals surface area contributed by atoms with Gasteiger partial charge in [0.15, 0.2) is 0 Å². The third-order valence-electron chi connectivity index (χ3n) is 4.04. The smallest absolute Gasteiger partial charge is 0.322 e. The first kappa shape index (κ1) is 14.7. The van der Waals surface area contributed by atoms with Crippen molar-refractivity contribution in [2.45, 2.75) is 45.1 Å². The zero-order chi connectivity index (χ0) is 14.0. The fraction of sp³-hybridized carbons (Fsp3) is 0.917. The van der Waals surface area contributed by atoms with Gasteiger partial charge in [-0.15, -0.1) is 0 Å². The van der Waals surface area contributed by atoms with Gasteiger partial charge >= 0.3 is 5.97 Å². The Labute approximate surface area is 114 Å². The first-order chi connectivity index (χ1) is 8.93. The molecule has 1 N–H and O–H groups in total. The number of aliphatic carboxylic acids is 1. The standard InChI is InChI=1S/C12H22N2O4S/c1-10-5-8-14(11(9-10)12(15)16)19(17,18)13-6-3-2-4-7-13/h10-11H,2-9H2,1H3,(H,15,16). The summed E-state index contributed by atoms with van der Waals surface area (Å²) in [5.41, 5.74) is 0. The summed E-state index contributed by atoms with van der Waals surface area (Å²) < 4.78 is 27.7. The summed E-state index contributed by atoms with van der Waals surface area (Å²) >= 11 is 0. The molecular weight excluding hydrogens is 268 g/mol. The molecule has 0 aromatic carbocycles. The Hall–Kier alpha value is -0.660. The fourth-order valence-corrected chi connectivity index (χ4v) is 4.71. The van der Waals surface area contributed by atoms with Gasteiger partial charge in [0.1, 0.15) is 6.04 Å². The lowest BCUT2D eigenvalue weighted by atomic mass is 9.94. The van der Waals surface area contributed by atoms with E-state index in [2.05, 4.69) is 0 Å². The van der Waals surface area contributed by atoms with Crippen LogP contribution in [-0.2, 0) is 15.0 Å². The van der Waals surface area contributed by atoms with E-state index in [9.17, 15) is 18.3 Å². The molecule has 2 heterocycles. The fourth-order valence-electron chi connectivity index (χ4n) is 2.86. The molecule has 2 fully saturated rings. The molecule has 0 spiro atoms. The molecule has 2 rings (SSSR count). The molecule has 110 valence electrons. The average Bonchev–Trinajstić information content (AvgIpc) is 2.39. The third kappa shape index (κ3) is 3.09.